The Labute approximate surface area is 138 Å². The molecule has 0 spiro atoms. The second kappa shape index (κ2) is 7.79. The summed E-state index contributed by atoms with van der Waals surface area (Å²) in [6, 6.07) is 4.19. The number of carbonyl (C=O) groups excluding carboxylic acids is 1. The summed E-state index contributed by atoms with van der Waals surface area (Å²) in [6.07, 6.45) is 0. The Hall–Kier alpha value is -1.60. The van der Waals surface area contributed by atoms with Crippen molar-refractivity contribution in [1.82, 2.24) is 9.62 Å². The van der Waals surface area contributed by atoms with Gasteiger partial charge in [0, 0.05) is 25.2 Å². The average molecular weight is 342 g/mol. The predicted octanol–water partition coefficient (Wildman–Crippen LogP) is 2.11. The van der Waals surface area contributed by atoms with Crippen LogP contribution in [-0.2, 0) is 10.0 Å². The Kier molecular flexibility index (Phi) is 6.58. The molecule has 0 heterocycles. The van der Waals surface area contributed by atoms with Crippen LogP contribution < -0.4 is 9.46 Å². The molecule has 7 heteroatoms. The average Bonchev–Trinajstić information content (AvgIpc) is 2.43. The van der Waals surface area contributed by atoms with Gasteiger partial charge in [0.2, 0.25) is 10.0 Å². The zero-order chi connectivity index (χ0) is 17.8. The highest BCUT2D eigenvalue weighted by molar-refractivity contribution is 7.89. The van der Waals surface area contributed by atoms with E-state index in [1.54, 1.807) is 31.9 Å². The highest BCUT2D eigenvalue weighted by atomic mass is 32.2. The molecule has 0 bridgehead atoms. The molecule has 0 aliphatic carbocycles. The lowest BCUT2D eigenvalue weighted by molar-refractivity contribution is 0.0779. The molecule has 1 N–H and O–H groups in total. The number of sulfonamides is 1. The van der Waals surface area contributed by atoms with Gasteiger partial charge in [-0.3, -0.25) is 4.79 Å². The molecular weight excluding hydrogens is 316 g/mol. The van der Waals surface area contributed by atoms with Crippen molar-refractivity contribution >= 4 is 15.9 Å². The topological polar surface area (TPSA) is 75.7 Å². The summed E-state index contributed by atoms with van der Waals surface area (Å²) in [7, 11) is -0.652. The summed E-state index contributed by atoms with van der Waals surface area (Å²) in [5.74, 6) is 0.316. The van der Waals surface area contributed by atoms with Gasteiger partial charge in [0.1, 0.15) is 10.6 Å². The minimum atomic E-state index is -3.75. The van der Waals surface area contributed by atoms with Crippen LogP contribution >= 0.6 is 0 Å². The number of hydrogen-bond donors (Lipinski definition) is 1. The molecule has 6 nitrogen and oxygen atoms in total. The molecule has 1 aromatic rings. The lowest BCUT2D eigenvalue weighted by atomic mass is 10.1. The molecule has 1 amide bonds. The van der Waals surface area contributed by atoms with Gasteiger partial charge in [0.05, 0.1) is 7.11 Å². The first-order chi connectivity index (χ1) is 10.6. The fourth-order valence-corrected chi connectivity index (χ4v) is 3.69. The molecule has 23 heavy (non-hydrogen) atoms. The van der Waals surface area contributed by atoms with Crippen molar-refractivity contribution in [3.63, 3.8) is 0 Å². The Morgan fingerprint density at radius 2 is 1.87 bits per heavy atom. The minimum absolute atomic E-state index is 0.0301. The van der Waals surface area contributed by atoms with Gasteiger partial charge in [-0.1, -0.05) is 13.8 Å². The van der Waals surface area contributed by atoms with Gasteiger partial charge in [0.25, 0.3) is 5.91 Å². The standard InChI is InChI=1S/C16H26N2O4S/c1-11(2)10-18(5)16(19)13-7-8-14(22-6)15(9-13)23(20,21)17-12(3)4/h7-9,11-12,17H,10H2,1-6H3. The van der Waals surface area contributed by atoms with Crippen molar-refractivity contribution < 1.29 is 17.9 Å². The molecule has 0 unspecified atom stereocenters. The molecule has 0 fully saturated rings. The van der Waals surface area contributed by atoms with Crippen molar-refractivity contribution in [2.75, 3.05) is 20.7 Å². The van der Waals surface area contributed by atoms with Gasteiger partial charge in [0.15, 0.2) is 0 Å². The maximum atomic E-state index is 12.5. The molecule has 0 aliphatic rings. The van der Waals surface area contributed by atoms with E-state index >= 15 is 0 Å². The molecule has 130 valence electrons. The molecule has 0 atom stereocenters. The van der Waals surface area contributed by atoms with E-state index in [0.29, 0.717) is 18.0 Å². The smallest absolute Gasteiger partial charge is 0.253 e. The summed E-state index contributed by atoms with van der Waals surface area (Å²) >= 11 is 0. The largest absolute Gasteiger partial charge is 0.495 e. The van der Waals surface area contributed by atoms with E-state index in [1.165, 1.54) is 19.2 Å². The van der Waals surface area contributed by atoms with Crippen molar-refractivity contribution in [1.29, 1.82) is 0 Å². The summed E-state index contributed by atoms with van der Waals surface area (Å²) in [6.45, 7) is 8.09. The van der Waals surface area contributed by atoms with E-state index in [2.05, 4.69) is 4.72 Å². The van der Waals surface area contributed by atoms with Crippen LogP contribution in [0.15, 0.2) is 23.1 Å². The molecule has 0 radical (unpaired) electrons. The zero-order valence-corrected chi connectivity index (χ0v) is 15.4. The first-order valence-electron chi connectivity index (χ1n) is 7.54. The van der Waals surface area contributed by atoms with Crippen LogP contribution in [0.3, 0.4) is 0 Å². The minimum Gasteiger partial charge on any atom is -0.495 e. The second-order valence-electron chi connectivity index (χ2n) is 6.22. The number of methoxy groups -OCH3 is 1. The Balaban J connectivity index is 3.25. The van der Waals surface area contributed by atoms with E-state index in [-0.39, 0.29) is 22.6 Å². The van der Waals surface area contributed by atoms with Crippen LogP contribution in [-0.4, -0.2) is 46.0 Å². The molecule has 1 rings (SSSR count). The van der Waals surface area contributed by atoms with E-state index < -0.39 is 10.0 Å². The number of nitrogens with zero attached hydrogens (tertiary/aromatic N) is 1. The number of benzene rings is 1. The summed E-state index contributed by atoms with van der Waals surface area (Å²) in [5.41, 5.74) is 0.318. The number of hydrogen-bond acceptors (Lipinski definition) is 4. The first kappa shape index (κ1) is 19.4. The third kappa shape index (κ3) is 5.21. The van der Waals surface area contributed by atoms with Crippen LogP contribution in [0.25, 0.3) is 0 Å². The van der Waals surface area contributed by atoms with E-state index in [9.17, 15) is 13.2 Å². The fraction of sp³-hybridized carbons (Fsp3) is 0.562. The van der Waals surface area contributed by atoms with Crippen LogP contribution in [0.1, 0.15) is 38.1 Å². The van der Waals surface area contributed by atoms with Gasteiger partial charge in [-0.25, -0.2) is 13.1 Å². The molecule has 0 aliphatic heterocycles. The van der Waals surface area contributed by atoms with Crippen LogP contribution in [0.2, 0.25) is 0 Å². The van der Waals surface area contributed by atoms with E-state index in [4.69, 9.17) is 4.74 Å². The Bertz CT molecular complexity index is 654. The molecule has 0 saturated carbocycles. The zero-order valence-electron chi connectivity index (χ0n) is 14.6. The number of rotatable bonds is 7. The SMILES string of the molecule is COc1ccc(C(=O)N(C)CC(C)C)cc1S(=O)(=O)NC(C)C. The Morgan fingerprint density at radius 1 is 1.26 bits per heavy atom. The number of carbonyl (C=O) groups is 1. The predicted molar refractivity (Wildman–Crippen MR) is 90.3 cm³/mol. The second-order valence-corrected chi connectivity index (χ2v) is 7.90. The molecular formula is C16H26N2O4S. The molecule has 0 aromatic heterocycles. The van der Waals surface area contributed by atoms with Crippen LogP contribution in [0, 0.1) is 5.92 Å². The van der Waals surface area contributed by atoms with Crippen LogP contribution in [0.4, 0.5) is 0 Å². The van der Waals surface area contributed by atoms with Crippen molar-refractivity contribution in [2.45, 2.75) is 38.6 Å². The van der Waals surface area contributed by atoms with Crippen molar-refractivity contribution in [2.24, 2.45) is 5.92 Å². The molecule has 0 saturated heterocycles. The maximum Gasteiger partial charge on any atom is 0.253 e. The number of ether oxygens (including phenoxy) is 1. The normalized spacial score (nSPS) is 11.8. The van der Waals surface area contributed by atoms with Gasteiger partial charge >= 0.3 is 0 Å². The Morgan fingerprint density at radius 3 is 2.35 bits per heavy atom. The third-order valence-corrected chi connectivity index (χ3v) is 4.76. The van der Waals surface area contributed by atoms with Gasteiger partial charge < -0.3 is 9.64 Å². The van der Waals surface area contributed by atoms with Gasteiger partial charge in [-0.2, -0.15) is 0 Å². The lowest BCUT2D eigenvalue weighted by Crippen LogP contribution is -2.32. The number of nitrogens with one attached hydrogen (secondary N) is 1. The first-order valence-corrected chi connectivity index (χ1v) is 9.02. The fourth-order valence-electron chi connectivity index (χ4n) is 2.24. The van der Waals surface area contributed by atoms with Crippen molar-refractivity contribution in [3.8, 4) is 5.75 Å². The van der Waals surface area contributed by atoms with Gasteiger partial charge in [-0.15, -0.1) is 0 Å². The summed E-state index contributed by atoms with van der Waals surface area (Å²) < 4.78 is 32.5. The third-order valence-electron chi connectivity index (χ3n) is 3.08. The van der Waals surface area contributed by atoms with Gasteiger partial charge in [-0.05, 0) is 38.0 Å². The lowest BCUT2D eigenvalue weighted by Gasteiger charge is -2.20. The van der Waals surface area contributed by atoms with E-state index in [0.717, 1.165) is 0 Å². The number of amides is 1. The quantitative estimate of drug-likeness (QED) is 0.823. The maximum absolute atomic E-state index is 12.5. The summed E-state index contributed by atoms with van der Waals surface area (Å²) in [4.78, 5) is 14.0. The monoisotopic (exact) mass is 342 g/mol. The molecule has 1 aromatic carbocycles. The van der Waals surface area contributed by atoms with E-state index in [1.807, 2.05) is 13.8 Å². The highest BCUT2D eigenvalue weighted by Gasteiger charge is 2.23. The van der Waals surface area contributed by atoms with Crippen molar-refractivity contribution in [3.05, 3.63) is 23.8 Å². The van der Waals surface area contributed by atoms with Crippen LogP contribution in [0.5, 0.6) is 5.75 Å². The summed E-state index contributed by atoms with van der Waals surface area (Å²) in [5, 5.41) is 0. The highest BCUT2D eigenvalue weighted by Crippen LogP contribution is 2.25.